The van der Waals surface area contributed by atoms with E-state index in [0.717, 1.165) is 29.1 Å². The average Bonchev–Trinajstić information content (AvgIpc) is 3.02. The maximum absolute atomic E-state index is 12.6. The molecule has 0 aliphatic carbocycles. The molecule has 0 aliphatic heterocycles. The third-order valence-corrected chi connectivity index (χ3v) is 5.86. The van der Waals surface area contributed by atoms with Crippen molar-refractivity contribution in [2.75, 3.05) is 5.32 Å². The zero-order valence-electron chi connectivity index (χ0n) is 17.0. The molecule has 3 rings (SSSR count). The Morgan fingerprint density at radius 3 is 2.54 bits per heavy atom. The lowest BCUT2D eigenvalue weighted by Gasteiger charge is -2.12. The van der Waals surface area contributed by atoms with Gasteiger partial charge in [-0.15, -0.1) is 11.8 Å². The number of pyridine rings is 1. The maximum Gasteiger partial charge on any atom is 0.257 e. The largest absolute Gasteiger partial charge is 0.322 e. The molecule has 2 heterocycles. The van der Waals surface area contributed by atoms with Crippen LogP contribution in [0.3, 0.4) is 0 Å². The van der Waals surface area contributed by atoms with Crippen LogP contribution in [-0.2, 0) is 0 Å². The zero-order chi connectivity index (χ0) is 20.3. The summed E-state index contributed by atoms with van der Waals surface area (Å²) in [5, 5.41) is 7.98. The quantitative estimate of drug-likeness (QED) is 0.574. The minimum absolute atomic E-state index is 0.169. The number of nitrogens with zero attached hydrogens (tertiary/aromatic N) is 3. The molecule has 28 heavy (non-hydrogen) atoms. The summed E-state index contributed by atoms with van der Waals surface area (Å²) in [4.78, 5) is 18.2. The molecule has 2 aromatic heterocycles. The number of hydrogen-bond acceptors (Lipinski definition) is 4. The van der Waals surface area contributed by atoms with Crippen LogP contribution in [0.2, 0.25) is 0 Å². The molecule has 146 valence electrons. The van der Waals surface area contributed by atoms with Crippen molar-refractivity contribution in [2.45, 2.75) is 51.2 Å². The van der Waals surface area contributed by atoms with Gasteiger partial charge >= 0.3 is 0 Å². The molecule has 6 heteroatoms. The Kier molecular flexibility index (Phi) is 6.19. The Balaban J connectivity index is 1.72. The summed E-state index contributed by atoms with van der Waals surface area (Å²) >= 11 is 1.85. The van der Waals surface area contributed by atoms with Gasteiger partial charge in [-0.05, 0) is 69.2 Å². The van der Waals surface area contributed by atoms with E-state index in [1.165, 1.54) is 4.90 Å². The van der Waals surface area contributed by atoms with E-state index in [4.69, 9.17) is 0 Å². The van der Waals surface area contributed by atoms with Crippen LogP contribution in [0, 0.1) is 20.8 Å². The van der Waals surface area contributed by atoms with Gasteiger partial charge < -0.3 is 5.32 Å². The molecule has 1 unspecified atom stereocenters. The van der Waals surface area contributed by atoms with Gasteiger partial charge in [0.25, 0.3) is 5.91 Å². The minimum atomic E-state index is -0.169. The molecular weight excluding hydrogens is 368 g/mol. The number of thioether (sulfide) groups is 1. The van der Waals surface area contributed by atoms with E-state index in [-0.39, 0.29) is 5.91 Å². The first-order chi connectivity index (χ1) is 13.4. The van der Waals surface area contributed by atoms with Gasteiger partial charge in [-0.25, -0.2) is 9.67 Å². The molecule has 1 amide bonds. The Bertz CT molecular complexity index is 979. The first-order valence-electron chi connectivity index (χ1n) is 9.45. The molecule has 1 N–H and O–H groups in total. The second-order valence-electron chi connectivity index (χ2n) is 7.01. The molecule has 0 saturated carbocycles. The Morgan fingerprint density at radius 2 is 1.96 bits per heavy atom. The third-order valence-electron chi connectivity index (χ3n) is 4.59. The highest BCUT2D eigenvalue weighted by Crippen LogP contribution is 2.28. The third kappa shape index (κ3) is 4.62. The van der Waals surface area contributed by atoms with Gasteiger partial charge in [-0.1, -0.05) is 13.8 Å². The van der Waals surface area contributed by atoms with Gasteiger partial charge in [0, 0.05) is 27.7 Å². The second kappa shape index (κ2) is 8.61. The molecule has 1 aromatic carbocycles. The maximum atomic E-state index is 12.6. The van der Waals surface area contributed by atoms with E-state index in [9.17, 15) is 4.79 Å². The fourth-order valence-electron chi connectivity index (χ4n) is 2.87. The van der Waals surface area contributed by atoms with Crippen molar-refractivity contribution in [1.82, 2.24) is 14.8 Å². The lowest BCUT2D eigenvalue weighted by molar-refractivity contribution is 0.102. The fourth-order valence-corrected chi connectivity index (χ4v) is 3.89. The van der Waals surface area contributed by atoms with Gasteiger partial charge in [-0.2, -0.15) is 5.10 Å². The molecule has 0 aliphatic rings. The minimum Gasteiger partial charge on any atom is -0.322 e. The number of nitrogens with one attached hydrogen (secondary N) is 1. The van der Waals surface area contributed by atoms with Gasteiger partial charge in [0.05, 0.1) is 11.3 Å². The number of rotatable bonds is 6. The van der Waals surface area contributed by atoms with Crippen molar-refractivity contribution in [3.05, 3.63) is 65.1 Å². The van der Waals surface area contributed by atoms with E-state index < -0.39 is 0 Å². The fraction of sp³-hybridized carbons (Fsp3) is 0.318. The number of anilines is 1. The average molecular weight is 395 g/mol. The van der Waals surface area contributed by atoms with Crippen molar-refractivity contribution in [2.24, 2.45) is 0 Å². The van der Waals surface area contributed by atoms with Crippen LogP contribution in [0.1, 0.15) is 47.6 Å². The van der Waals surface area contributed by atoms with E-state index in [0.29, 0.717) is 16.6 Å². The van der Waals surface area contributed by atoms with E-state index in [1.54, 1.807) is 16.9 Å². The van der Waals surface area contributed by atoms with Crippen LogP contribution in [0.15, 0.2) is 47.5 Å². The number of carbonyl (C=O) groups excluding carboxylic acids is 1. The summed E-state index contributed by atoms with van der Waals surface area (Å²) in [7, 11) is 0. The summed E-state index contributed by atoms with van der Waals surface area (Å²) in [6.45, 7) is 10.3. The molecular formula is C22H26N4OS. The number of amides is 1. The zero-order valence-corrected chi connectivity index (χ0v) is 17.8. The number of aromatic nitrogens is 3. The Morgan fingerprint density at radius 1 is 1.18 bits per heavy atom. The first kappa shape index (κ1) is 20.1. The van der Waals surface area contributed by atoms with Gasteiger partial charge in [0.2, 0.25) is 0 Å². The van der Waals surface area contributed by atoms with Gasteiger partial charge in [-0.3, -0.25) is 4.79 Å². The van der Waals surface area contributed by atoms with Crippen LogP contribution in [0.5, 0.6) is 0 Å². The van der Waals surface area contributed by atoms with Crippen LogP contribution in [0.4, 0.5) is 5.69 Å². The summed E-state index contributed by atoms with van der Waals surface area (Å²) in [5.41, 5.74) is 4.33. The molecule has 0 radical (unpaired) electrons. The highest BCUT2D eigenvalue weighted by molar-refractivity contribution is 7.99. The monoisotopic (exact) mass is 394 g/mol. The van der Waals surface area contributed by atoms with E-state index >= 15 is 0 Å². The number of benzene rings is 1. The topological polar surface area (TPSA) is 59.8 Å². The standard InChI is InChI=1S/C22H26N4OS/c1-6-17(5)28-19-8-9-20(14(2)11-19)24-22(27)18-7-10-21(23-13-18)26-16(4)12-15(3)25-26/h7-13,17H,6H2,1-5H3,(H,24,27). The number of aryl methyl sites for hydroxylation is 3. The summed E-state index contributed by atoms with van der Waals surface area (Å²) in [6.07, 6.45) is 2.71. The van der Waals surface area contributed by atoms with Crippen LogP contribution < -0.4 is 5.32 Å². The smallest absolute Gasteiger partial charge is 0.257 e. The lowest BCUT2D eigenvalue weighted by Crippen LogP contribution is -2.13. The Hall–Kier alpha value is -2.60. The summed E-state index contributed by atoms with van der Waals surface area (Å²) in [5.74, 6) is 0.530. The summed E-state index contributed by atoms with van der Waals surface area (Å²) < 4.78 is 1.77. The normalized spacial score (nSPS) is 12.0. The van der Waals surface area contributed by atoms with Crippen molar-refractivity contribution >= 4 is 23.4 Å². The molecule has 3 aromatic rings. The molecule has 0 saturated heterocycles. The molecule has 5 nitrogen and oxygen atoms in total. The van der Waals surface area contributed by atoms with Crippen molar-refractivity contribution in [3.63, 3.8) is 0 Å². The molecule has 0 bridgehead atoms. The van der Waals surface area contributed by atoms with E-state index in [1.807, 2.05) is 50.7 Å². The highest BCUT2D eigenvalue weighted by Gasteiger charge is 2.11. The van der Waals surface area contributed by atoms with Gasteiger partial charge in [0.1, 0.15) is 0 Å². The SMILES string of the molecule is CCC(C)Sc1ccc(NC(=O)c2ccc(-n3nc(C)cc3C)nc2)c(C)c1. The predicted octanol–water partition coefficient (Wildman–Crippen LogP) is 5.34. The molecule has 0 fully saturated rings. The molecule has 1 atom stereocenters. The van der Waals surface area contributed by atoms with Crippen molar-refractivity contribution < 1.29 is 4.79 Å². The number of carbonyl (C=O) groups is 1. The van der Waals surface area contributed by atoms with Crippen molar-refractivity contribution in [1.29, 1.82) is 0 Å². The highest BCUT2D eigenvalue weighted by atomic mass is 32.2. The second-order valence-corrected chi connectivity index (χ2v) is 8.52. The van der Waals surface area contributed by atoms with Crippen molar-refractivity contribution in [3.8, 4) is 5.82 Å². The number of hydrogen-bond donors (Lipinski definition) is 1. The van der Waals surface area contributed by atoms with Crippen LogP contribution in [0.25, 0.3) is 5.82 Å². The van der Waals surface area contributed by atoms with Gasteiger partial charge in [0.15, 0.2) is 5.82 Å². The lowest BCUT2D eigenvalue weighted by atomic mass is 10.2. The predicted molar refractivity (Wildman–Crippen MR) is 116 cm³/mol. The van der Waals surface area contributed by atoms with Crippen LogP contribution in [-0.4, -0.2) is 25.9 Å². The summed E-state index contributed by atoms with van der Waals surface area (Å²) in [6, 6.07) is 11.7. The van der Waals surface area contributed by atoms with E-state index in [2.05, 4.69) is 41.4 Å². The van der Waals surface area contributed by atoms with Crippen LogP contribution >= 0.6 is 11.8 Å². The molecule has 0 spiro atoms. The Labute approximate surface area is 170 Å². The first-order valence-corrected chi connectivity index (χ1v) is 10.3.